The zero-order valence-electron chi connectivity index (χ0n) is 7.50. The molecule has 1 aromatic heterocycles. The van der Waals surface area contributed by atoms with Crippen molar-refractivity contribution in [2.24, 2.45) is 0 Å². The molecule has 4 heteroatoms. The van der Waals surface area contributed by atoms with Gasteiger partial charge in [0, 0.05) is 6.20 Å². The third-order valence-electron chi connectivity index (χ3n) is 1.49. The molecule has 1 heterocycles. The van der Waals surface area contributed by atoms with Crippen molar-refractivity contribution in [3.63, 3.8) is 0 Å². The predicted molar refractivity (Wildman–Crippen MR) is 52.6 cm³/mol. The highest BCUT2D eigenvalue weighted by Gasteiger charge is 2.16. The van der Waals surface area contributed by atoms with Crippen LogP contribution in [0.1, 0.15) is 13.8 Å². The van der Waals surface area contributed by atoms with E-state index in [1.54, 1.807) is 32.2 Å². The van der Waals surface area contributed by atoms with Gasteiger partial charge in [-0.1, -0.05) is 11.6 Å². The van der Waals surface area contributed by atoms with Crippen molar-refractivity contribution in [1.29, 1.82) is 5.26 Å². The van der Waals surface area contributed by atoms with Crippen molar-refractivity contribution >= 4 is 17.3 Å². The lowest BCUT2D eigenvalue weighted by Crippen LogP contribution is -2.28. The van der Waals surface area contributed by atoms with Crippen LogP contribution in [0.4, 0.5) is 5.69 Å². The SMILES string of the molecule is CC(C)(C#N)Nc1cccnc1Cl. The number of hydrogen-bond donors (Lipinski definition) is 1. The minimum absolute atomic E-state index is 0.380. The van der Waals surface area contributed by atoms with Gasteiger partial charge in [-0.3, -0.25) is 0 Å². The largest absolute Gasteiger partial charge is 0.365 e. The Morgan fingerprint density at radius 3 is 2.85 bits per heavy atom. The van der Waals surface area contributed by atoms with E-state index < -0.39 is 5.54 Å². The summed E-state index contributed by atoms with van der Waals surface area (Å²) in [6.45, 7) is 3.55. The van der Waals surface area contributed by atoms with E-state index in [9.17, 15) is 0 Å². The highest BCUT2D eigenvalue weighted by atomic mass is 35.5. The molecular formula is C9H10ClN3. The Morgan fingerprint density at radius 2 is 2.31 bits per heavy atom. The predicted octanol–water partition coefficient (Wildman–Crippen LogP) is 2.45. The summed E-state index contributed by atoms with van der Waals surface area (Å²) in [5.41, 5.74) is 0.0443. The number of pyridine rings is 1. The Bertz CT molecular complexity index is 341. The lowest BCUT2D eigenvalue weighted by Gasteiger charge is -2.19. The smallest absolute Gasteiger partial charge is 0.152 e. The molecule has 0 spiro atoms. The molecule has 0 unspecified atom stereocenters. The summed E-state index contributed by atoms with van der Waals surface area (Å²) < 4.78 is 0. The summed E-state index contributed by atoms with van der Waals surface area (Å²) in [5.74, 6) is 0. The summed E-state index contributed by atoms with van der Waals surface area (Å²) in [6.07, 6.45) is 1.60. The molecule has 0 aliphatic carbocycles. The van der Waals surface area contributed by atoms with Crippen molar-refractivity contribution in [3.05, 3.63) is 23.5 Å². The maximum Gasteiger partial charge on any atom is 0.152 e. The Morgan fingerprint density at radius 1 is 1.62 bits per heavy atom. The number of halogens is 1. The average Bonchev–Trinajstić information content (AvgIpc) is 2.09. The van der Waals surface area contributed by atoms with E-state index in [2.05, 4.69) is 16.4 Å². The minimum atomic E-state index is -0.632. The van der Waals surface area contributed by atoms with Crippen molar-refractivity contribution in [1.82, 2.24) is 4.98 Å². The van der Waals surface area contributed by atoms with Gasteiger partial charge >= 0.3 is 0 Å². The van der Waals surface area contributed by atoms with Gasteiger partial charge < -0.3 is 5.32 Å². The molecule has 0 amide bonds. The molecule has 0 saturated heterocycles. The Kier molecular flexibility index (Phi) is 2.74. The first-order valence-electron chi connectivity index (χ1n) is 3.85. The standard InChI is InChI=1S/C9H10ClN3/c1-9(2,6-11)13-7-4-3-5-12-8(7)10/h3-5,13H,1-2H3. The number of nitrogens with zero attached hydrogens (tertiary/aromatic N) is 2. The minimum Gasteiger partial charge on any atom is -0.365 e. The molecule has 0 bridgehead atoms. The van der Waals surface area contributed by atoms with Crippen LogP contribution in [-0.4, -0.2) is 10.5 Å². The molecule has 0 saturated carbocycles. The summed E-state index contributed by atoms with van der Waals surface area (Å²) in [6, 6.07) is 5.67. The fourth-order valence-corrected chi connectivity index (χ4v) is 1.01. The number of nitrogens with one attached hydrogen (secondary N) is 1. The van der Waals surface area contributed by atoms with Crippen LogP contribution < -0.4 is 5.32 Å². The number of hydrogen-bond acceptors (Lipinski definition) is 3. The molecule has 1 aromatic rings. The number of nitriles is 1. The molecule has 68 valence electrons. The van der Waals surface area contributed by atoms with Crippen molar-refractivity contribution < 1.29 is 0 Å². The van der Waals surface area contributed by atoms with Gasteiger partial charge in [0.25, 0.3) is 0 Å². The fourth-order valence-electron chi connectivity index (χ4n) is 0.844. The summed E-state index contributed by atoms with van der Waals surface area (Å²) in [5, 5.41) is 12.1. The van der Waals surface area contributed by atoms with Crippen molar-refractivity contribution in [3.8, 4) is 6.07 Å². The maximum absolute atomic E-state index is 8.77. The van der Waals surface area contributed by atoms with Gasteiger partial charge in [-0.2, -0.15) is 5.26 Å². The highest BCUT2D eigenvalue weighted by Crippen LogP contribution is 2.21. The summed E-state index contributed by atoms with van der Waals surface area (Å²) in [7, 11) is 0. The van der Waals surface area contributed by atoms with Crippen LogP contribution in [0.3, 0.4) is 0 Å². The van der Waals surface area contributed by atoms with E-state index >= 15 is 0 Å². The molecule has 0 aliphatic heterocycles. The van der Waals surface area contributed by atoms with E-state index in [0.717, 1.165) is 0 Å². The van der Waals surface area contributed by atoms with Gasteiger partial charge in [0.15, 0.2) is 5.15 Å². The Labute approximate surface area is 82.4 Å². The fraction of sp³-hybridized carbons (Fsp3) is 0.333. The molecule has 0 aliphatic rings. The van der Waals surface area contributed by atoms with E-state index in [4.69, 9.17) is 16.9 Å². The van der Waals surface area contributed by atoms with E-state index in [-0.39, 0.29) is 0 Å². The molecule has 0 fully saturated rings. The van der Waals surface area contributed by atoms with Gasteiger partial charge in [0.05, 0.1) is 11.8 Å². The van der Waals surface area contributed by atoms with Gasteiger partial charge in [-0.15, -0.1) is 0 Å². The van der Waals surface area contributed by atoms with Crippen LogP contribution in [0.25, 0.3) is 0 Å². The molecule has 3 nitrogen and oxygen atoms in total. The molecule has 1 rings (SSSR count). The number of anilines is 1. The van der Waals surface area contributed by atoms with Crippen LogP contribution in [-0.2, 0) is 0 Å². The van der Waals surface area contributed by atoms with Crippen molar-refractivity contribution in [2.45, 2.75) is 19.4 Å². The lowest BCUT2D eigenvalue weighted by molar-refractivity contribution is 0.728. The zero-order valence-corrected chi connectivity index (χ0v) is 8.26. The van der Waals surface area contributed by atoms with Crippen LogP contribution in [0, 0.1) is 11.3 Å². The lowest BCUT2D eigenvalue weighted by atomic mass is 10.1. The second-order valence-electron chi connectivity index (χ2n) is 3.20. The third-order valence-corrected chi connectivity index (χ3v) is 1.79. The van der Waals surface area contributed by atoms with Gasteiger partial charge in [-0.25, -0.2) is 4.98 Å². The molecule has 1 N–H and O–H groups in total. The summed E-state index contributed by atoms with van der Waals surface area (Å²) >= 11 is 5.80. The van der Waals surface area contributed by atoms with Gasteiger partial charge in [0.2, 0.25) is 0 Å². The third kappa shape index (κ3) is 2.60. The van der Waals surface area contributed by atoms with Crippen LogP contribution in [0.5, 0.6) is 0 Å². The first-order valence-corrected chi connectivity index (χ1v) is 4.23. The number of rotatable bonds is 2. The average molecular weight is 196 g/mol. The molecule has 0 aromatic carbocycles. The van der Waals surface area contributed by atoms with Crippen LogP contribution in [0.2, 0.25) is 5.15 Å². The maximum atomic E-state index is 8.77. The van der Waals surface area contributed by atoms with E-state index in [1.165, 1.54) is 0 Å². The highest BCUT2D eigenvalue weighted by molar-refractivity contribution is 6.31. The molecule has 0 radical (unpaired) electrons. The van der Waals surface area contributed by atoms with E-state index in [1.807, 2.05) is 0 Å². The second kappa shape index (κ2) is 3.63. The summed E-state index contributed by atoms with van der Waals surface area (Å²) in [4.78, 5) is 3.89. The first-order chi connectivity index (χ1) is 6.05. The molecule has 0 atom stereocenters. The first kappa shape index (κ1) is 9.82. The topological polar surface area (TPSA) is 48.7 Å². The van der Waals surface area contributed by atoms with Gasteiger partial charge in [-0.05, 0) is 26.0 Å². The molecular weight excluding hydrogens is 186 g/mol. The zero-order chi connectivity index (χ0) is 9.90. The molecule has 13 heavy (non-hydrogen) atoms. The van der Waals surface area contributed by atoms with Crippen molar-refractivity contribution in [2.75, 3.05) is 5.32 Å². The van der Waals surface area contributed by atoms with Gasteiger partial charge in [0.1, 0.15) is 5.54 Å². The Hall–Kier alpha value is -1.27. The normalized spacial score (nSPS) is 10.6. The second-order valence-corrected chi connectivity index (χ2v) is 3.56. The van der Waals surface area contributed by atoms with E-state index in [0.29, 0.717) is 10.8 Å². The van der Waals surface area contributed by atoms with Crippen LogP contribution >= 0.6 is 11.6 Å². The number of aromatic nitrogens is 1. The quantitative estimate of drug-likeness (QED) is 0.738. The Balaban J connectivity index is 2.88. The monoisotopic (exact) mass is 195 g/mol. The van der Waals surface area contributed by atoms with Crippen LogP contribution in [0.15, 0.2) is 18.3 Å².